The van der Waals surface area contributed by atoms with Gasteiger partial charge in [0, 0.05) is 6.54 Å². The summed E-state index contributed by atoms with van der Waals surface area (Å²) < 4.78 is 0. The molecule has 0 aromatic heterocycles. The minimum atomic E-state index is -1.00. The van der Waals surface area contributed by atoms with Crippen LogP contribution in [-0.4, -0.2) is 29.2 Å². The minimum absolute atomic E-state index is 0.339. The summed E-state index contributed by atoms with van der Waals surface area (Å²) in [4.78, 5) is 22.8. The van der Waals surface area contributed by atoms with Crippen LogP contribution >= 0.6 is 0 Å². The second kappa shape index (κ2) is 6.26. The molecule has 19 heavy (non-hydrogen) atoms. The van der Waals surface area contributed by atoms with Crippen LogP contribution in [0.2, 0.25) is 0 Å². The summed E-state index contributed by atoms with van der Waals surface area (Å²) in [7, 11) is 0. The van der Waals surface area contributed by atoms with Gasteiger partial charge in [0.15, 0.2) is 0 Å². The zero-order chi connectivity index (χ0) is 13.7. The molecule has 5 nitrogen and oxygen atoms in total. The molecule has 2 amide bonds. The Bertz CT molecular complexity index is 334. The third-order valence-electron chi connectivity index (χ3n) is 4.52. The second-order valence-electron chi connectivity index (χ2n) is 5.91. The Hall–Kier alpha value is -1.26. The standard InChI is InChI=1S/C14H24N2O3/c17-12(18)14(8-4-9-14)16-13(19)15-10-3-7-11-5-1-2-6-11/h11H,1-10H2,(H,17,18)(H2,15,16,19). The Morgan fingerprint density at radius 3 is 2.37 bits per heavy atom. The molecule has 2 saturated carbocycles. The molecule has 2 fully saturated rings. The van der Waals surface area contributed by atoms with E-state index in [-0.39, 0.29) is 6.03 Å². The fraction of sp³-hybridized carbons (Fsp3) is 0.857. The first-order chi connectivity index (χ1) is 9.12. The van der Waals surface area contributed by atoms with E-state index < -0.39 is 11.5 Å². The molecule has 0 atom stereocenters. The predicted octanol–water partition coefficient (Wildman–Crippen LogP) is 2.26. The number of aliphatic carboxylic acids is 1. The molecular weight excluding hydrogens is 244 g/mol. The molecular formula is C14H24N2O3. The second-order valence-corrected chi connectivity index (χ2v) is 5.91. The average Bonchev–Trinajstić information content (AvgIpc) is 2.82. The van der Waals surface area contributed by atoms with Gasteiger partial charge in [-0.2, -0.15) is 0 Å². The third kappa shape index (κ3) is 3.61. The number of amides is 2. The van der Waals surface area contributed by atoms with Gasteiger partial charge in [0.2, 0.25) is 0 Å². The van der Waals surface area contributed by atoms with Crippen molar-refractivity contribution >= 4 is 12.0 Å². The molecule has 2 rings (SSSR count). The van der Waals surface area contributed by atoms with Gasteiger partial charge in [0.1, 0.15) is 5.54 Å². The monoisotopic (exact) mass is 268 g/mol. The van der Waals surface area contributed by atoms with E-state index in [0.29, 0.717) is 19.4 Å². The molecule has 0 aromatic carbocycles. The SMILES string of the molecule is O=C(NCCCC1CCCC1)NC1(C(=O)O)CCC1. The molecule has 0 aliphatic heterocycles. The van der Waals surface area contributed by atoms with E-state index in [4.69, 9.17) is 5.11 Å². The van der Waals surface area contributed by atoms with Crippen LogP contribution in [0.4, 0.5) is 4.79 Å². The molecule has 2 aliphatic rings. The van der Waals surface area contributed by atoms with Crippen LogP contribution < -0.4 is 10.6 Å². The molecule has 0 aromatic rings. The van der Waals surface area contributed by atoms with Gasteiger partial charge in [0.05, 0.1) is 0 Å². The molecule has 0 unspecified atom stereocenters. The lowest BCUT2D eigenvalue weighted by molar-refractivity contribution is -0.148. The van der Waals surface area contributed by atoms with Crippen LogP contribution in [0.1, 0.15) is 57.8 Å². The van der Waals surface area contributed by atoms with Crippen molar-refractivity contribution in [3.63, 3.8) is 0 Å². The highest BCUT2D eigenvalue weighted by molar-refractivity contribution is 5.87. The highest BCUT2D eigenvalue weighted by atomic mass is 16.4. The van der Waals surface area contributed by atoms with Crippen molar-refractivity contribution in [3.05, 3.63) is 0 Å². The number of nitrogens with one attached hydrogen (secondary N) is 2. The molecule has 108 valence electrons. The molecule has 0 bridgehead atoms. The van der Waals surface area contributed by atoms with Crippen molar-refractivity contribution in [1.29, 1.82) is 0 Å². The average molecular weight is 268 g/mol. The molecule has 0 heterocycles. The van der Waals surface area contributed by atoms with Crippen molar-refractivity contribution in [1.82, 2.24) is 10.6 Å². The number of carboxylic acid groups (broad SMARTS) is 1. The maximum atomic E-state index is 11.7. The van der Waals surface area contributed by atoms with Crippen molar-refractivity contribution in [2.75, 3.05) is 6.54 Å². The number of carbonyl (C=O) groups is 2. The van der Waals surface area contributed by atoms with E-state index in [0.717, 1.165) is 18.8 Å². The van der Waals surface area contributed by atoms with E-state index in [9.17, 15) is 9.59 Å². The molecule has 0 saturated heterocycles. The number of rotatable bonds is 6. The first-order valence-corrected chi connectivity index (χ1v) is 7.42. The van der Waals surface area contributed by atoms with Crippen molar-refractivity contribution < 1.29 is 14.7 Å². The van der Waals surface area contributed by atoms with Crippen molar-refractivity contribution in [3.8, 4) is 0 Å². The Balaban J connectivity index is 1.60. The Morgan fingerprint density at radius 2 is 1.84 bits per heavy atom. The molecule has 5 heteroatoms. The molecule has 2 aliphatic carbocycles. The van der Waals surface area contributed by atoms with E-state index in [2.05, 4.69) is 10.6 Å². The van der Waals surface area contributed by atoms with Crippen molar-refractivity contribution in [2.24, 2.45) is 5.92 Å². The number of carboxylic acids is 1. The zero-order valence-electron chi connectivity index (χ0n) is 11.4. The summed E-state index contributed by atoms with van der Waals surface area (Å²) >= 11 is 0. The highest BCUT2D eigenvalue weighted by Crippen LogP contribution is 2.32. The summed E-state index contributed by atoms with van der Waals surface area (Å²) in [5, 5.41) is 14.5. The number of hydrogen-bond donors (Lipinski definition) is 3. The summed E-state index contributed by atoms with van der Waals surface area (Å²) in [6.07, 6.45) is 9.45. The fourth-order valence-electron chi connectivity index (χ4n) is 3.08. The minimum Gasteiger partial charge on any atom is -0.480 e. The van der Waals surface area contributed by atoms with Gasteiger partial charge in [-0.05, 0) is 38.0 Å². The smallest absolute Gasteiger partial charge is 0.329 e. The summed E-state index contributed by atoms with van der Waals surface area (Å²) in [5.41, 5.74) is -1.00. The van der Waals surface area contributed by atoms with Crippen LogP contribution in [0.15, 0.2) is 0 Å². The quantitative estimate of drug-likeness (QED) is 0.647. The van der Waals surface area contributed by atoms with Gasteiger partial charge in [-0.15, -0.1) is 0 Å². The first-order valence-electron chi connectivity index (χ1n) is 7.42. The maximum absolute atomic E-state index is 11.7. The predicted molar refractivity (Wildman–Crippen MR) is 71.9 cm³/mol. The van der Waals surface area contributed by atoms with E-state index in [1.165, 1.54) is 32.1 Å². The lowest BCUT2D eigenvalue weighted by Gasteiger charge is -2.38. The van der Waals surface area contributed by atoms with Crippen LogP contribution in [-0.2, 0) is 4.79 Å². The first kappa shape index (κ1) is 14.2. The molecule has 0 spiro atoms. The normalized spacial score (nSPS) is 21.7. The Labute approximate surface area is 114 Å². The maximum Gasteiger partial charge on any atom is 0.329 e. The van der Waals surface area contributed by atoms with Gasteiger partial charge >= 0.3 is 12.0 Å². The number of urea groups is 1. The van der Waals surface area contributed by atoms with Gasteiger partial charge in [0.25, 0.3) is 0 Å². The lowest BCUT2D eigenvalue weighted by atomic mass is 9.77. The molecule has 3 N–H and O–H groups in total. The van der Waals surface area contributed by atoms with Crippen molar-refractivity contribution in [2.45, 2.75) is 63.3 Å². The van der Waals surface area contributed by atoms with Crippen LogP contribution in [0.3, 0.4) is 0 Å². The summed E-state index contributed by atoms with van der Waals surface area (Å²) in [5.74, 6) is -0.0817. The summed E-state index contributed by atoms with van der Waals surface area (Å²) in [6.45, 7) is 0.637. The zero-order valence-corrected chi connectivity index (χ0v) is 11.4. The summed E-state index contributed by atoms with van der Waals surface area (Å²) in [6, 6.07) is -0.339. The fourth-order valence-corrected chi connectivity index (χ4v) is 3.08. The Morgan fingerprint density at radius 1 is 1.16 bits per heavy atom. The van der Waals surface area contributed by atoms with E-state index in [1.807, 2.05) is 0 Å². The van der Waals surface area contributed by atoms with E-state index >= 15 is 0 Å². The Kier molecular flexibility index (Phi) is 4.66. The van der Waals surface area contributed by atoms with Crippen LogP contribution in [0.5, 0.6) is 0 Å². The lowest BCUT2D eigenvalue weighted by Crippen LogP contribution is -2.61. The highest BCUT2D eigenvalue weighted by Gasteiger charge is 2.45. The topological polar surface area (TPSA) is 78.4 Å². The molecule has 0 radical (unpaired) electrons. The van der Waals surface area contributed by atoms with E-state index in [1.54, 1.807) is 0 Å². The van der Waals surface area contributed by atoms with Gasteiger partial charge in [-0.1, -0.05) is 25.7 Å². The van der Waals surface area contributed by atoms with Gasteiger partial charge in [-0.3, -0.25) is 0 Å². The number of carbonyl (C=O) groups excluding carboxylic acids is 1. The van der Waals surface area contributed by atoms with Gasteiger partial charge < -0.3 is 15.7 Å². The number of hydrogen-bond acceptors (Lipinski definition) is 2. The van der Waals surface area contributed by atoms with Crippen LogP contribution in [0.25, 0.3) is 0 Å². The van der Waals surface area contributed by atoms with Crippen LogP contribution in [0, 0.1) is 5.92 Å². The largest absolute Gasteiger partial charge is 0.480 e. The van der Waals surface area contributed by atoms with Gasteiger partial charge in [-0.25, -0.2) is 9.59 Å². The third-order valence-corrected chi connectivity index (χ3v) is 4.52.